The summed E-state index contributed by atoms with van der Waals surface area (Å²) >= 11 is 1.95. The highest BCUT2D eigenvalue weighted by Gasteiger charge is 2.31. The molecule has 0 radical (unpaired) electrons. The lowest BCUT2D eigenvalue weighted by Crippen LogP contribution is -2.44. The van der Waals surface area contributed by atoms with Crippen molar-refractivity contribution in [3.05, 3.63) is 21.4 Å². The minimum atomic E-state index is 0.731. The van der Waals surface area contributed by atoms with Crippen LogP contribution in [0.4, 0.5) is 0 Å². The Labute approximate surface area is 121 Å². The van der Waals surface area contributed by atoms with Gasteiger partial charge in [-0.25, -0.2) is 0 Å². The number of piperidine rings is 1. The average molecular weight is 278 g/mol. The second-order valence-electron chi connectivity index (χ2n) is 6.25. The van der Waals surface area contributed by atoms with Crippen LogP contribution < -0.4 is 5.32 Å². The number of aryl methyl sites for hydroxylation is 2. The van der Waals surface area contributed by atoms with Crippen LogP contribution in [0.25, 0.3) is 0 Å². The van der Waals surface area contributed by atoms with Crippen LogP contribution in [-0.2, 0) is 6.54 Å². The van der Waals surface area contributed by atoms with Gasteiger partial charge in [0.2, 0.25) is 0 Å². The van der Waals surface area contributed by atoms with Gasteiger partial charge in [-0.2, -0.15) is 0 Å². The SMILES string of the molecule is Cc1cc(CN(CC2CCCCN2)C2CC2)c(C)s1. The van der Waals surface area contributed by atoms with E-state index in [1.54, 1.807) is 5.56 Å². The Hall–Kier alpha value is -0.380. The average Bonchev–Trinajstić information content (AvgIpc) is 3.18. The summed E-state index contributed by atoms with van der Waals surface area (Å²) < 4.78 is 0. The predicted molar refractivity (Wildman–Crippen MR) is 82.9 cm³/mol. The van der Waals surface area contributed by atoms with Gasteiger partial charge in [-0.1, -0.05) is 6.42 Å². The molecule has 2 nitrogen and oxygen atoms in total. The fourth-order valence-corrected chi connectivity index (χ4v) is 4.14. The first kappa shape index (κ1) is 13.6. The van der Waals surface area contributed by atoms with E-state index in [-0.39, 0.29) is 0 Å². The van der Waals surface area contributed by atoms with Crippen LogP contribution >= 0.6 is 11.3 Å². The molecule has 1 aliphatic carbocycles. The molecule has 2 fully saturated rings. The molecule has 1 atom stereocenters. The lowest BCUT2D eigenvalue weighted by Gasteiger charge is -2.30. The molecule has 0 amide bonds. The number of hydrogen-bond donors (Lipinski definition) is 1. The van der Waals surface area contributed by atoms with E-state index in [2.05, 4.69) is 30.1 Å². The molecule has 3 rings (SSSR count). The van der Waals surface area contributed by atoms with Crippen molar-refractivity contribution >= 4 is 11.3 Å². The molecule has 1 aromatic rings. The molecule has 3 heteroatoms. The van der Waals surface area contributed by atoms with Crippen molar-refractivity contribution in [1.29, 1.82) is 0 Å². The van der Waals surface area contributed by atoms with Crippen LogP contribution in [0, 0.1) is 13.8 Å². The molecule has 1 N–H and O–H groups in total. The summed E-state index contributed by atoms with van der Waals surface area (Å²) in [5.74, 6) is 0. The van der Waals surface area contributed by atoms with E-state index in [1.165, 1.54) is 61.5 Å². The third-order valence-corrected chi connectivity index (χ3v) is 5.46. The molecule has 2 heterocycles. The van der Waals surface area contributed by atoms with Crippen LogP contribution in [0.5, 0.6) is 0 Å². The number of nitrogens with one attached hydrogen (secondary N) is 1. The zero-order valence-electron chi connectivity index (χ0n) is 12.2. The number of hydrogen-bond acceptors (Lipinski definition) is 3. The van der Waals surface area contributed by atoms with Gasteiger partial charge in [0.1, 0.15) is 0 Å². The Kier molecular flexibility index (Phi) is 4.25. The number of thiophene rings is 1. The van der Waals surface area contributed by atoms with Crippen molar-refractivity contribution in [2.24, 2.45) is 0 Å². The van der Waals surface area contributed by atoms with Crippen molar-refractivity contribution in [2.75, 3.05) is 13.1 Å². The van der Waals surface area contributed by atoms with E-state index in [1.807, 2.05) is 11.3 Å². The lowest BCUT2D eigenvalue weighted by molar-refractivity contribution is 0.208. The quantitative estimate of drug-likeness (QED) is 0.887. The molecule has 0 spiro atoms. The zero-order valence-corrected chi connectivity index (χ0v) is 13.1. The second kappa shape index (κ2) is 5.94. The zero-order chi connectivity index (χ0) is 13.2. The highest BCUT2D eigenvalue weighted by Crippen LogP contribution is 2.31. The highest BCUT2D eigenvalue weighted by molar-refractivity contribution is 7.12. The summed E-state index contributed by atoms with van der Waals surface area (Å²) in [6.07, 6.45) is 6.96. The Balaban J connectivity index is 1.62. The Morgan fingerprint density at radius 1 is 1.26 bits per heavy atom. The van der Waals surface area contributed by atoms with Gasteiger partial charge in [0.05, 0.1) is 0 Å². The molecule has 2 aliphatic rings. The molecule has 0 bridgehead atoms. The van der Waals surface area contributed by atoms with Gasteiger partial charge >= 0.3 is 0 Å². The summed E-state index contributed by atoms with van der Waals surface area (Å²) in [6.45, 7) is 8.14. The molecule has 0 aromatic carbocycles. The summed E-state index contributed by atoms with van der Waals surface area (Å²) in [7, 11) is 0. The first-order valence-electron chi connectivity index (χ1n) is 7.76. The summed E-state index contributed by atoms with van der Waals surface area (Å²) in [5, 5.41) is 3.70. The molecule has 106 valence electrons. The van der Waals surface area contributed by atoms with Crippen LogP contribution in [0.15, 0.2) is 6.07 Å². The standard InChI is InChI=1S/C16H26N2S/c1-12-9-14(13(2)19-12)10-18(16-6-7-16)11-15-5-3-4-8-17-15/h9,15-17H,3-8,10-11H2,1-2H3. The van der Waals surface area contributed by atoms with Gasteiger partial charge < -0.3 is 5.32 Å². The third kappa shape index (κ3) is 3.59. The molecule has 19 heavy (non-hydrogen) atoms. The van der Waals surface area contributed by atoms with Crippen molar-refractivity contribution in [3.8, 4) is 0 Å². The molecule has 1 saturated carbocycles. The largest absolute Gasteiger partial charge is 0.313 e. The van der Waals surface area contributed by atoms with Gasteiger partial charge in [0.15, 0.2) is 0 Å². The van der Waals surface area contributed by atoms with E-state index in [4.69, 9.17) is 0 Å². The molecule has 1 aliphatic heterocycles. The first-order valence-corrected chi connectivity index (χ1v) is 8.57. The van der Waals surface area contributed by atoms with Gasteiger partial charge in [-0.05, 0) is 57.7 Å². The highest BCUT2D eigenvalue weighted by atomic mass is 32.1. The normalized spacial score (nSPS) is 24.1. The van der Waals surface area contributed by atoms with Crippen molar-refractivity contribution in [1.82, 2.24) is 10.2 Å². The van der Waals surface area contributed by atoms with Gasteiger partial charge in [0, 0.05) is 34.9 Å². The Morgan fingerprint density at radius 3 is 2.68 bits per heavy atom. The van der Waals surface area contributed by atoms with Crippen LogP contribution in [0.2, 0.25) is 0 Å². The Bertz CT molecular complexity index is 416. The molecular formula is C16H26N2S. The second-order valence-corrected chi connectivity index (χ2v) is 7.71. The fraction of sp³-hybridized carbons (Fsp3) is 0.750. The van der Waals surface area contributed by atoms with E-state index < -0.39 is 0 Å². The number of rotatable bonds is 5. The summed E-state index contributed by atoms with van der Waals surface area (Å²) in [5.41, 5.74) is 1.56. The van der Waals surface area contributed by atoms with Crippen LogP contribution in [0.1, 0.15) is 47.4 Å². The molecule has 1 unspecified atom stereocenters. The smallest absolute Gasteiger partial charge is 0.0248 e. The maximum Gasteiger partial charge on any atom is 0.0248 e. The minimum absolute atomic E-state index is 0.731. The first-order chi connectivity index (χ1) is 9.22. The third-order valence-electron chi connectivity index (χ3n) is 4.45. The fourth-order valence-electron chi connectivity index (χ4n) is 3.20. The van der Waals surface area contributed by atoms with Gasteiger partial charge in [-0.15, -0.1) is 11.3 Å². The van der Waals surface area contributed by atoms with Crippen LogP contribution in [0.3, 0.4) is 0 Å². The lowest BCUT2D eigenvalue weighted by atomic mass is 10.0. The Morgan fingerprint density at radius 2 is 2.11 bits per heavy atom. The predicted octanol–water partition coefficient (Wildman–Crippen LogP) is 3.47. The van der Waals surface area contributed by atoms with Gasteiger partial charge in [0.25, 0.3) is 0 Å². The summed E-state index contributed by atoms with van der Waals surface area (Å²) in [4.78, 5) is 5.70. The van der Waals surface area contributed by atoms with Crippen molar-refractivity contribution in [2.45, 2.75) is 64.6 Å². The topological polar surface area (TPSA) is 15.3 Å². The summed E-state index contributed by atoms with van der Waals surface area (Å²) in [6, 6.07) is 3.99. The van der Waals surface area contributed by atoms with E-state index in [9.17, 15) is 0 Å². The molecular weight excluding hydrogens is 252 g/mol. The van der Waals surface area contributed by atoms with Crippen molar-refractivity contribution in [3.63, 3.8) is 0 Å². The monoisotopic (exact) mass is 278 g/mol. The number of nitrogens with zero attached hydrogens (tertiary/aromatic N) is 1. The van der Waals surface area contributed by atoms with E-state index in [0.29, 0.717) is 0 Å². The minimum Gasteiger partial charge on any atom is -0.313 e. The van der Waals surface area contributed by atoms with Crippen molar-refractivity contribution < 1.29 is 0 Å². The van der Waals surface area contributed by atoms with Crippen LogP contribution in [-0.4, -0.2) is 30.1 Å². The van der Waals surface area contributed by atoms with E-state index >= 15 is 0 Å². The van der Waals surface area contributed by atoms with Gasteiger partial charge in [-0.3, -0.25) is 4.90 Å². The molecule has 1 aromatic heterocycles. The maximum atomic E-state index is 3.70. The maximum absolute atomic E-state index is 3.70. The molecule has 1 saturated heterocycles. The van der Waals surface area contributed by atoms with E-state index in [0.717, 1.165) is 12.1 Å².